The van der Waals surface area contributed by atoms with Gasteiger partial charge in [-0.15, -0.1) is 0 Å². The lowest BCUT2D eigenvalue weighted by Crippen LogP contribution is -2.17. The SMILES string of the molecule is C=C(C)C(=O)c1ccc(C(=O)O)c(C(=O)O)c1CCOCCCCCCCCCC. The van der Waals surface area contributed by atoms with Crippen molar-refractivity contribution in [3.63, 3.8) is 0 Å². The van der Waals surface area contributed by atoms with E-state index in [1.165, 1.54) is 51.5 Å². The van der Waals surface area contributed by atoms with Crippen LogP contribution in [-0.2, 0) is 11.2 Å². The van der Waals surface area contributed by atoms with E-state index in [0.29, 0.717) is 6.61 Å². The Morgan fingerprint density at radius 2 is 1.43 bits per heavy atom. The van der Waals surface area contributed by atoms with Crippen molar-refractivity contribution in [2.45, 2.75) is 71.6 Å². The molecule has 6 nitrogen and oxygen atoms in total. The molecule has 0 amide bonds. The van der Waals surface area contributed by atoms with Crippen molar-refractivity contribution in [1.82, 2.24) is 0 Å². The third kappa shape index (κ3) is 8.11. The predicted octanol–water partition coefficient (Wildman–Crippen LogP) is 5.54. The molecule has 1 aromatic carbocycles. The van der Waals surface area contributed by atoms with Crippen LogP contribution in [0.3, 0.4) is 0 Å². The van der Waals surface area contributed by atoms with Crippen molar-refractivity contribution in [1.29, 1.82) is 0 Å². The lowest BCUT2D eigenvalue weighted by molar-refractivity contribution is 0.0649. The van der Waals surface area contributed by atoms with E-state index in [0.717, 1.165) is 18.9 Å². The lowest BCUT2D eigenvalue weighted by Gasteiger charge is -2.14. The van der Waals surface area contributed by atoms with Gasteiger partial charge in [-0.05, 0) is 43.0 Å². The molecule has 166 valence electrons. The highest BCUT2D eigenvalue weighted by Crippen LogP contribution is 2.23. The Morgan fingerprint density at radius 3 is 1.97 bits per heavy atom. The van der Waals surface area contributed by atoms with Gasteiger partial charge in [0.15, 0.2) is 5.78 Å². The summed E-state index contributed by atoms with van der Waals surface area (Å²) < 4.78 is 5.64. The number of Topliss-reactive ketones (excluding diaryl/α,β-unsaturated/α-hetero) is 1. The van der Waals surface area contributed by atoms with E-state index in [2.05, 4.69) is 13.5 Å². The average Bonchev–Trinajstić information content (AvgIpc) is 2.70. The second-order valence-electron chi connectivity index (χ2n) is 7.57. The van der Waals surface area contributed by atoms with Crippen LogP contribution in [0.15, 0.2) is 24.3 Å². The summed E-state index contributed by atoms with van der Waals surface area (Å²) in [6.45, 7) is 8.13. The topological polar surface area (TPSA) is 101 Å². The summed E-state index contributed by atoms with van der Waals surface area (Å²) in [5, 5.41) is 18.9. The minimum Gasteiger partial charge on any atom is -0.478 e. The standard InChI is InChI=1S/C24H34O6/c1-4-5-6-7-8-9-10-11-15-30-16-14-18-19(22(25)17(2)3)12-13-20(23(26)27)21(18)24(28)29/h12-13H,2,4-11,14-16H2,1,3H3,(H,26,27)(H,28,29). The minimum absolute atomic E-state index is 0.147. The van der Waals surface area contributed by atoms with E-state index in [1.807, 2.05) is 0 Å². The molecule has 0 saturated carbocycles. The van der Waals surface area contributed by atoms with Gasteiger partial charge in [0, 0.05) is 12.2 Å². The molecule has 0 heterocycles. The Kier molecular flexibility index (Phi) is 11.7. The van der Waals surface area contributed by atoms with Crippen molar-refractivity contribution < 1.29 is 29.3 Å². The van der Waals surface area contributed by atoms with Crippen LogP contribution in [0.4, 0.5) is 0 Å². The molecule has 0 aliphatic heterocycles. The first kappa shape index (κ1) is 25.6. The number of carboxylic acid groups (broad SMARTS) is 2. The van der Waals surface area contributed by atoms with Gasteiger partial charge in [0.1, 0.15) is 0 Å². The molecule has 0 bridgehead atoms. The highest BCUT2D eigenvalue weighted by molar-refractivity contribution is 6.12. The average molecular weight is 419 g/mol. The lowest BCUT2D eigenvalue weighted by atomic mass is 9.90. The molecule has 0 atom stereocenters. The molecule has 0 radical (unpaired) electrons. The molecule has 30 heavy (non-hydrogen) atoms. The van der Waals surface area contributed by atoms with Gasteiger partial charge in [0.25, 0.3) is 0 Å². The van der Waals surface area contributed by atoms with Gasteiger partial charge >= 0.3 is 11.9 Å². The van der Waals surface area contributed by atoms with Gasteiger partial charge in [-0.1, -0.05) is 58.4 Å². The summed E-state index contributed by atoms with van der Waals surface area (Å²) in [5.74, 6) is -3.11. The summed E-state index contributed by atoms with van der Waals surface area (Å²) in [4.78, 5) is 35.7. The summed E-state index contributed by atoms with van der Waals surface area (Å²) in [5.41, 5.74) is -0.0773. The molecule has 0 saturated heterocycles. The number of allylic oxidation sites excluding steroid dienone is 1. The highest BCUT2D eigenvalue weighted by atomic mass is 16.5. The number of carboxylic acids is 2. The fourth-order valence-corrected chi connectivity index (χ4v) is 3.39. The van der Waals surface area contributed by atoms with Gasteiger partial charge in [0.2, 0.25) is 0 Å². The maximum absolute atomic E-state index is 12.4. The summed E-state index contributed by atoms with van der Waals surface area (Å²) >= 11 is 0. The van der Waals surface area contributed by atoms with Crippen molar-refractivity contribution in [2.75, 3.05) is 13.2 Å². The number of rotatable bonds is 16. The van der Waals surface area contributed by atoms with Crippen LogP contribution in [0.5, 0.6) is 0 Å². The number of unbranched alkanes of at least 4 members (excludes halogenated alkanes) is 7. The molecule has 0 spiro atoms. The van der Waals surface area contributed by atoms with Crippen molar-refractivity contribution in [3.8, 4) is 0 Å². The minimum atomic E-state index is -1.37. The number of hydrogen-bond acceptors (Lipinski definition) is 4. The highest BCUT2D eigenvalue weighted by Gasteiger charge is 2.25. The maximum Gasteiger partial charge on any atom is 0.336 e. The molecule has 6 heteroatoms. The normalized spacial score (nSPS) is 10.7. The monoisotopic (exact) mass is 418 g/mol. The second kappa shape index (κ2) is 13.7. The molecular formula is C24H34O6. The number of ketones is 1. The van der Waals surface area contributed by atoms with E-state index >= 15 is 0 Å². The third-order valence-electron chi connectivity index (χ3n) is 5.03. The molecule has 0 aromatic heterocycles. The van der Waals surface area contributed by atoms with E-state index < -0.39 is 17.7 Å². The predicted molar refractivity (Wildman–Crippen MR) is 117 cm³/mol. The Balaban J connectivity index is 2.70. The fraction of sp³-hybridized carbons (Fsp3) is 0.542. The zero-order valence-corrected chi connectivity index (χ0v) is 18.2. The molecule has 0 fully saturated rings. The van der Waals surface area contributed by atoms with Gasteiger partial charge < -0.3 is 14.9 Å². The van der Waals surface area contributed by atoms with E-state index in [9.17, 15) is 24.6 Å². The van der Waals surface area contributed by atoms with E-state index in [4.69, 9.17) is 4.74 Å². The number of aromatic carboxylic acids is 2. The quantitative estimate of drug-likeness (QED) is 0.208. The maximum atomic E-state index is 12.4. The number of carbonyl (C=O) groups excluding carboxylic acids is 1. The fourth-order valence-electron chi connectivity index (χ4n) is 3.39. The first-order valence-corrected chi connectivity index (χ1v) is 10.7. The van der Waals surface area contributed by atoms with Crippen LogP contribution >= 0.6 is 0 Å². The molecule has 1 aromatic rings. The smallest absolute Gasteiger partial charge is 0.336 e. The Labute approximate surface area is 178 Å². The van der Waals surface area contributed by atoms with Crippen LogP contribution < -0.4 is 0 Å². The Morgan fingerprint density at radius 1 is 0.867 bits per heavy atom. The Hall–Kier alpha value is -2.47. The molecule has 1 rings (SSSR count). The van der Waals surface area contributed by atoms with Crippen LogP contribution in [0.1, 0.15) is 102 Å². The first-order chi connectivity index (χ1) is 14.3. The summed E-state index contributed by atoms with van der Waals surface area (Å²) in [6.07, 6.45) is 9.66. The number of hydrogen-bond donors (Lipinski definition) is 2. The zero-order chi connectivity index (χ0) is 22.5. The number of carbonyl (C=O) groups is 3. The van der Waals surface area contributed by atoms with Crippen LogP contribution in [0.25, 0.3) is 0 Å². The van der Waals surface area contributed by atoms with E-state index in [1.54, 1.807) is 0 Å². The van der Waals surface area contributed by atoms with Crippen LogP contribution in [-0.4, -0.2) is 41.1 Å². The van der Waals surface area contributed by atoms with Crippen LogP contribution in [0, 0.1) is 0 Å². The molecule has 2 N–H and O–H groups in total. The van der Waals surface area contributed by atoms with Gasteiger partial charge in [-0.3, -0.25) is 4.79 Å². The van der Waals surface area contributed by atoms with Gasteiger partial charge in [0.05, 0.1) is 17.7 Å². The van der Waals surface area contributed by atoms with Crippen molar-refractivity contribution >= 4 is 17.7 Å². The van der Waals surface area contributed by atoms with Gasteiger partial charge in [-0.25, -0.2) is 9.59 Å². The molecule has 0 unspecified atom stereocenters. The van der Waals surface area contributed by atoms with E-state index in [-0.39, 0.29) is 40.9 Å². The molecule has 0 aliphatic carbocycles. The van der Waals surface area contributed by atoms with Gasteiger partial charge in [-0.2, -0.15) is 0 Å². The van der Waals surface area contributed by atoms with Crippen LogP contribution in [0.2, 0.25) is 0 Å². The van der Waals surface area contributed by atoms with Crippen molar-refractivity contribution in [2.24, 2.45) is 0 Å². The zero-order valence-electron chi connectivity index (χ0n) is 18.2. The second-order valence-corrected chi connectivity index (χ2v) is 7.57. The number of benzene rings is 1. The largest absolute Gasteiger partial charge is 0.478 e. The Bertz CT molecular complexity index is 750. The molecular weight excluding hydrogens is 384 g/mol. The first-order valence-electron chi connectivity index (χ1n) is 10.7. The third-order valence-corrected chi connectivity index (χ3v) is 5.03. The summed E-state index contributed by atoms with van der Waals surface area (Å²) in [6, 6.07) is 2.52. The van der Waals surface area contributed by atoms with Crippen molar-refractivity contribution in [3.05, 3.63) is 46.5 Å². The summed E-state index contributed by atoms with van der Waals surface area (Å²) in [7, 11) is 0. The molecule has 0 aliphatic rings. The number of ether oxygens (including phenoxy) is 1.